The highest BCUT2D eigenvalue weighted by Gasteiger charge is 2.23. The van der Waals surface area contributed by atoms with Gasteiger partial charge < -0.3 is 5.11 Å². The second kappa shape index (κ2) is 4.44. The summed E-state index contributed by atoms with van der Waals surface area (Å²) in [5.41, 5.74) is 1.33. The van der Waals surface area contributed by atoms with E-state index in [1.165, 1.54) is 16.0 Å². The van der Waals surface area contributed by atoms with Crippen LogP contribution >= 0.6 is 38.9 Å². The van der Waals surface area contributed by atoms with Crippen LogP contribution in [-0.4, -0.2) is 19.9 Å². The Morgan fingerprint density at radius 1 is 1.62 bits per heavy atom. The maximum Gasteiger partial charge on any atom is 0.135 e. The van der Waals surface area contributed by atoms with E-state index in [9.17, 15) is 5.11 Å². The van der Waals surface area contributed by atoms with Gasteiger partial charge in [-0.2, -0.15) is 5.10 Å². The summed E-state index contributed by atoms with van der Waals surface area (Å²) in [4.78, 5) is 4.17. The number of aliphatic hydroxyl groups excluding tert-OH is 1. The monoisotopic (exact) mass is 321 g/mol. The van der Waals surface area contributed by atoms with Crippen LogP contribution < -0.4 is 0 Å². The van der Waals surface area contributed by atoms with Crippen molar-refractivity contribution < 1.29 is 5.11 Å². The summed E-state index contributed by atoms with van der Waals surface area (Å²) in [7, 11) is 1.74. The van der Waals surface area contributed by atoms with Gasteiger partial charge in [-0.05, 0) is 22.9 Å². The van der Waals surface area contributed by atoms with Crippen LogP contribution in [0.4, 0.5) is 0 Å². The van der Waals surface area contributed by atoms with Crippen LogP contribution in [0.25, 0.3) is 0 Å². The lowest BCUT2D eigenvalue weighted by atomic mass is 10.1. The van der Waals surface area contributed by atoms with Crippen molar-refractivity contribution in [2.24, 2.45) is 7.05 Å². The van der Waals surface area contributed by atoms with Crippen molar-refractivity contribution in [2.75, 3.05) is 0 Å². The molecular formula is C9H9BrClN3OS. The fourth-order valence-corrected chi connectivity index (χ4v) is 3.01. The van der Waals surface area contributed by atoms with Crippen LogP contribution in [0.15, 0.2) is 9.98 Å². The van der Waals surface area contributed by atoms with E-state index in [1.807, 2.05) is 12.3 Å². The van der Waals surface area contributed by atoms with Gasteiger partial charge in [-0.1, -0.05) is 11.6 Å². The fraction of sp³-hybridized carbons (Fsp3) is 0.333. The molecule has 86 valence electrons. The van der Waals surface area contributed by atoms with Gasteiger partial charge in [0.2, 0.25) is 0 Å². The first kappa shape index (κ1) is 12.0. The third kappa shape index (κ3) is 2.02. The highest BCUT2D eigenvalue weighted by molar-refractivity contribution is 9.10. The zero-order chi connectivity index (χ0) is 11.9. The van der Waals surface area contributed by atoms with Gasteiger partial charge in [0.05, 0.1) is 5.69 Å². The van der Waals surface area contributed by atoms with E-state index in [2.05, 4.69) is 26.0 Å². The van der Waals surface area contributed by atoms with E-state index in [0.29, 0.717) is 26.0 Å². The standard InChI is InChI=1S/C9H9BrClN3OS/c1-4-6(8(11)14(2)13-4)7(15)9-12-5(10)3-16-9/h3,7,15H,1-2H3. The molecule has 1 N–H and O–H groups in total. The number of aliphatic hydroxyl groups is 1. The molecule has 1 atom stereocenters. The molecule has 2 rings (SSSR count). The average molecular weight is 323 g/mol. The first-order valence-electron chi connectivity index (χ1n) is 4.48. The Labute approximate surface area is 110 Å². The Kier molecular flexibility index (Phi) is 3.34. The SMILES string of the molecule is Cc1nn(C)c(Cl)c1C(O)c1nc(Br)cs1. The van der Waals surface area contributed by atoms with E-state index in [4.69, 9.17) is 11.6 Å². The summed E-state index contributed by atoms with van der Waals surface area (Å²) in [6, 6.07) is 0. The van der Waals surface area contributed by atoms with Gasteiger partial charge in [0.15, 0.2) is 0 Å². The minimum Gasteiger partial charge on any atom is -0.381 e. The van der Waals surface area contributed by atoms with Gasteiger partial charge in [-0.3, -0.25) is 4.68 Å². The molecule has 0 saturated heterocycles. The maximum absolute atomic E-state index is 10.2. The molecule has 2 aromatic rings. The van der Waals surface area contributed by atoms with Gasteiger partial charge in [0.25, 0.3) is 0 Å². The molecule has 0 aliphatic heterocycles. The molecule has 1 unspecified atom stereocenters. The van der Waals surface area contributed by atoms with Crippen LogP contribution in [0.5, 0.6) is 0 Å². The quantitative estimate of drug-likeness (QED) is 0.925. The third-order valence-corrected chi connectivity index (χ3v) is 4.25. The smallest absolute Gasteiger partial charge is 0.135 e. The number of halogens is 2. The normalized spacial score (nSPS) is 13.1. The topological polar surface area (TPSA) is 50.9 Å². The molecular weight excluding hydrogens is 314 g/mol. The molecule has 16 heavy (non-hydrogen) atoms. The summed E-state index contributed by atoms with van der Waals surface area (Å²) in [5, 5.41) is 17.2. The second-order valence-electron chi connectivity index (χ2n) is 3.32. The summed E-state index contributed by atoms with van der Waals surface area (Å²) in [6.07, 6.45) is -0.822. The number of hydrogen-bond acceptors (Lipinski definition) is 4. The molecule has 0 saturated carbocycles. The summed E-state index contributed by atoms with van der Waals surface area (Å²) in [5.74, 6) is 0. The minimum absolute atomic E-state index is 0.441. The van der Waals surface area contributed by atoms with Crippen molar-refractivity contribution in [3.63, 3.8) is 0 Å². The van der Waals surface area contributed by atoms with Crippen LogP contribution in [0.1, 0.15) is 22.4 Å². The fourth-order valence-electron chi connectivity index (χ4n) is 1.47. The number of aromatic nitrogens is 3. The maximum atomic E-state index is 10.2. The van der Waals surface area contributed by atoms with Crippen molar-refractivity contribution >= 4 is 38.9 Å². The molecule has 0 aromatic carbocycles. The Balaban J connectivity index is 2.44. The predicted octanol–water partition coefficient (Wildman–Crippen LogP) is 2.68. The highest BCUT2D eigenvalue weighted by atomic mass is 79.9. The summed E-state index contributed by atoms with van der Waals surface area (Å²) in [6.45, 7) is 1.81. The van der Waals surface area contributed by atoms with Crippen LogP contribution in [0, 0.1) is 6.92 Å². The summed E-state index contributed by atoms with van der Waals surface area (Å²) < 4.78 is 2.25. The van der Waals surface area contributed by atoms with Gasteiger partial charge in [-0.15, -0.1) is 11.3 Å². The Hall–Kier alpha value is -0.430. The molecule has 2 aromatic heterocycles. The largest absolute Gasteiger partial charge is 0.381 e. The molecule has 0 radical (unpaired) electrons. The van der Waals surface area contributed by atoms with Crippen LogP contribution in [0.3, 0.4) is 0 Å². The van der Waals surface area contributed by atoms with Gasteiger partial charge in [0, 0.05) is 18.0 Å². The lowest BCUT2D eigenvalue weighted by molar-refractivity contribution is 0.219. The number of aryl methyl sites for hydroxylation is 2. The number of hydrogen-bond donors (Lipinski definition) is 1. The van der Waals surface area contributed by atoms with Crippen molar-refractivity contribution in [3.8, 4) is 0 Å². The number of nitrogens with zero attached hydrogens (tertiary/aromatic N) is 3. The zero-order valence-electron chi connectivity index (χ0n) is 8.61. The van der Waals surface area contributed by atoms with E-state index in [-0.39, 0.29) is 0 Å². The van der Waals surface area contributed by atoms with Crippen molar-refractivity contribution in [3.05, 3.63) is 31.4 Å². The molecule has 0 aliphatic rings. The van der Waals surface area contributed by atoms with E-state index in [1.54, 1.807) is 7.05 Å². The van der Waals surface area contributed by atoms with Crippen LogP contribution in [0.2, 0.25) is 5.15 Å². The van der Waals surface area contributed by atoms with Crippen molar-refractivity contribution in [1.82, 2.24) is 14.8 Å². The Bertz CT molecular complexity index is 525. The molecule has 7 heteroatoms. The van der Waals surface area contributed by atoms with Gasteiger partial charge in [0.1, 0.15) is 20.9 Å². The number of thiazole rings is 1. The third-order valence-electron chi connectivity index (χ3n) is 2.20. The molecule has 0 bridgehead atoms. The van der Waals surface area contributed by atoms with E-state index in [0.717, 1.165) is 0 Å². The first-order valence-corrected chi connectivity index (χ1v) is 6.53. The molecule has 0 fully saturated rings. The molecule has 0 amide bonds. The van der Waals surface area contributed by atoms with Crippen molar-refractivity contribution in [1.29, 1.82) is 0 Å². The summed E-state index contributed by atoms with van der Waals surface area (Å²) >= 11 is 10.7. The minimum atomic E-state index is -0.822. The van der Waals surface area contributed by atoms with E-state index >= 15 is 0 Å². The van der Waals surface area contributed by atoms with Gasteiger partial charge in [-0.25, -0.2) is 4.98 Å². The van der Waals surface area contributed by atoms with Gasteiger partial charge >= 0.3 is 0 Å². The second-order valence-corrected chi connectivity index (χ2v) is 5.38. The number of rotatable bonds is 2. The molecule has 4 nitrogen and oxygen atoms in total. The van der Waals surface area contributed by atoms with Crippen molar-refractivity contribution in [2.45, 2.75) is 13.0 Å². The molecule has 0 aliphatic carbocycles. The lowest BCUT2D eigenvalue weighted by Gasteiger charge is -2.06. The lowest BCUT2D eigenvalue weighted by Crippen LogP contribution is -2.00. The average Bonchev–Trinajstić information content (AvgIpc) is 2.73. The van der Waals surface area contributed by atoms with E-state index < -0.39 is 6.10 Å². The molecule has 2 heterocycles. The van der Waals surface area contributed by atoms with Crippen LogP contribution in [-0.2, 0) is 7.05 Å². The zero-order valence-corrected chi connectivity index (χ0v) is 11.8. The predicted molar refractivity (Wildman–Crippen MR) is 66.8 cm³/mol. The first-order chi connectivity index (χ1) is 7.50. The highest BCUT2D eigenvalue weighted by Crippen LogP contribution is 2.32. The Morgan fingerprint density at radius 2 is 2.31 bits per heavy atom. The Morgan fingerprint density at radius 3 is 2.75 bits per heavy atom. The molecule has 0 spiro atoms.